The van der Waals surface area contributed by atoms with Crippen molar-refractivity contribution < 1.29 is 24.5 Å². The zero-order valence-electron chi connectivity index (χ0n) is 12.3. The lowest BCUT2D eigenvalue weighted by atomic mass is 9.80. The van der Waals surface area contributed by atoms with E-state index in [1.54, 1.807) is 18.2 Å². The van der Waals surface area contributed by atoms with E-state index in [0.717, 1.165) is 0 Å². The highest BCUT2D eigenvalue weighted by atomic mass is 16.5. The number of rotatable bonds is 7. The molecule has 0 amide bonds. The summed E-state index contributed by atoms with van der Waals surface area (Å²) in [5, 5.41) is 20.0. The number of ether oxygens (including phenoxy) is 2. The van der Waals surface area contributed by atoms with Gasteiger partial charge in [-0.25, -0.2) is 0 Å². The van der Waals surface area contributed by atoms with E-state index < -0.39 is 17.5 Å². The molecule has 0 aliphatic carbocycles. The molecule has 0 radical (unpaired) electrons. The van der Waals surface area contributed by atoms with Gasteiger partial charge in [-0.3, -0.25) is 4.79 Å². The molecule has 0 saturated carbocycles. The molecule has 20 heavy (non-hydrogen) atoms. The molecule has 5 nitrogen and oxygen atoms in total. The molecule has 1 rings (SSSR count). The first-order valence-electron chi connectivity index (χ1n) is 6.56. The Hall–Kier alpha value is -1.75. The van der Waals surface area contributed by atoms with Crippen LogP contribution in [-0.4, -0.2) is 30.4 Å². The van der Waals surface area contributed by atoms with Crippen LogP contribution in [0.3, 0.4) is 0 Å². The van der Waals surface area contributed by atoms with Gasteiger partial charge in [0.05, 0.1) is 20.1 Å². The molecule has 0 bridgehead atoms. The quantitative estimate of drug-likeness (QED) is 0.803. The van der Waals surface area contributed by atoms with E-state index >= 15 is 0 Å². The van der Waals surface area contributed by atoms with E-state index in [4.69, 9.17) is 9.47 Å². The molecule has 0 aliphatic heterocycles. The van der Waals surface area contributed by atoms with E-state index in [2.05, 4.69) is 0 Å². The number of carbonyl (C=O) groups is 1. The van der Waals surface area contributed by atoms with Crippen LogP contribution in [0.1, 0.15) is 32.3 Å². The Balaban J connectivity index is 3.22. The lowest BCUT2D eigenvalue weighted by molar-refractivity contribution is -0.152. The summed E-state index contributed by atoms with van der Waals surface area (Å²) in [5.74, 6) is -0.877. The summed E-state index contributed by atoms with van der Waals surface area (Å²) in [7, 11) is 3.02. The Labute approximate surface area is 119 Å². The average Bonchev–Trinajstić information content (AvgIpc) is 2.43. The van der Waals surface area contributed by atoms with E-state index in [-0.39, 0.29) is 0 Å². The largest absolute Gasteiger partial charge is 0.493 e. The Morgan fingerprint density at radius 2 is 1.90 bits per heavy atom. The second kappa shape index (κ2) is 6.61. The van der Waals surface area contributed by atoms with Crippen molar-refractivity contribution >= 4 is 5.97 Å². The van der Waals surface area contributed by atoms with Crippen LogP contribution in [0.25, 0.3) is 0 Å². The predicted molar refractivity (Wildman–Crippen MR) is 75.2 cm³/mol. The van der Waals surface area contributed by atoms with Gasteiger partial charge in [0.15, 0.2) is 11.5 Å². The summed E-state index contributed by atoms with van der Waals surface area (Å²) in [5.41, 5.74) is -0.975. The number of methoxy groups -OCH3 is 2. The van der Waals surface area contributed by atoms with Crippen LogP contribution in [0.15, 0.2) is 18.2 Å². The van der Waals surface area contributed by atoms with Crippen LogP contribution in [0.5, 0.6) is 11.5 Å². The average molecular weight is 282 g/mol. The molecular weight excluding hydrogens is 260 g/mol. The van der Waals surface area contributed by atoms with Crippen LogP contribution in [0.4, 0.5) is 0 Å². The molecule has 1 aromatic carbocycles. The first kappa shape index (κ1) is 16.3. The molecule has 2 N–H and O–H groups in total. The van der Waals surface area contributed by atoms with Gasteiger partial charge in [-0.2, -0.15) is 0 Å². The molecule has 0 spiro atoms. The standard InChI is InChI=1S/C15H22O5/c1-5-6-11(14(16)17)15(2,18)10-7-8-12(19-3)13(9-10)20-4/h7-9,11,18H,5-6H2,1-4H3,(H,16,17). The summed E-state index contributed by atoms with van der Waals surface area (Å²) < 4.78 is 10.3. The van der Waals surface area contributed by atoms with Gasteiger partial charge in [0.25, 0.3) is 0 Å². The lowest BCUT2D eigenvalue weighted by Gasteiger charge is -2.31. The molecule has 5 heteroatoms. The van der Waals surface area contributed by atoms with E-state index in [9.17, 15) is 15.0 Å². The molecular formula is C15H22O5. The summed E-state index contributed by atoms with van der Waals surface area (Å²) in [4.78, 5) is 11.4. The van der Waals surface area contributed by atoms with Gasteiger partial charge < -0.3 is 19.7 Å². The zero-order chi connectivity index (χ0) is 15.3. The van der Waals surface area contributed by atoms with Gasteiger partial charge in [-0.1, -0.05) is 19.4 Å². The first-order chi connectivity index (χ1) is 9.38. The van der Waals surface area contributed by atoms with Crippen LogP contribution in [0.2, 0.25) is 0 Å². The van der Waals surface area contributed by atoms with Crippen molar-refractivity contribution in [3.8, 4) is 11.5 Å². The van der Waals surface area contributed by atoms with Gasteiger partial charge in [0.2, 0.25) is 0 Å². The minimum atomic E-state index is -1.47. The molecule has 2 atom stereocenters. The molecule has 112 valence electrons. The molecule has 0 aliphatic rings. The summed E-state index contributed by atoms with van der Waals surface area (Å²) in [6.07, 6.45) is 1.08. The fourth-order valence-electron chi connectivity index (χ4n) is 2.29. The fraction of sp³-hybridized carbons (Fsp3) is 0.533. The highest BCUT2D eigenvalue weighted by Gasteiger charge is 2.38. The van der Waals surface area contributed by atoms with Crippen molar-refractivity contribution in [3.63, 3.8) is 0 Å². The van der Waals surface area contributed by atoms with Gasteiger partial charge in [0, 0.05) is 0 Å². The van der Waals surface area contributed by atoms with E-state index in [0.29, 0.717) is 29.9 Å². The summed E-state index contributed by atoms with van der Waals surface area (Å²) in [6.45, 7) is 3.41. The second-order valence-corrected chi connectivity index (χ2v) is 4.90. The maximum absolute atomic E-state index is 11.4. The summed E-state index contributed by atoms with van der Waals surface area (Å²) in [6, 6.07) is 4.94. The van der Waals surface area contributed by atoms with Gasteiger partial charge in [0.1, 0.15) is 5.60 Å². The van der Waals surface area contributed by atoms with Crippen LogP contribution < -0.4 is 9.47 Å². The maximum Gasteiger partial charge on any atom is 0.309 e. The number of benzene rings is 1. The van der Waals surface area contributed by atoms with Crippen LogP contribution in [-0.2, 0) is 10.4 Å². The third kappa shape index (κ3) is 3.22. The molecule has 0 aromatic heterocycles. The highest BCUT2D eigenvalue weighted by molar-refractivity contribution is 5.72. The van der Waals surface area contributed by atoms with Gasteiger partial charge in [-0.15, -0.1) is 0 Å². The molecule has 1 aromatic rings. The molecule has 2 unspecified atom stereocenters. The second-order valence-electron chi connectivity index (χ2n) is 4.90. The number of hydrogen-bond acceptors (Lipinski definition) is 4. The summed E-state index contributed by atoms with van der Waals surface area (Å²) >= 11 is 0. The van der Waals surface area contributed by atoms with Crippen molar-refractivity contribution in [1.82, 2.24) is 0 Å². The number of hydrogen-bond donors (Lipinski definition) is 2. The Kier molecular flexibility index (Phi) is 5.39. The topological polar surface area (TPSA) is 76.0 Å². The predicted octanol–water partition coefficient (Wildman–Crippen LogP) is 2.41. The van der Waals surface area contributed by atoms with Crippen molar-refractivity contribution in [1.29, 1.82) is 0 Å². The van der Waals surface area contributed by atoms with Crippen molar-refractivity contribution in [2.45, 2.75) is 32.3 Å². The Morgan fingerprint density at radius 3 is 2.35 bits per heavy atom. The third-order valence-corrected chi connectivity index (χ3v) is 3.52. The SMILES string of the molecule is CCCC(C(=O)O)C(C)(O)c1ccc(OC)c(OC)c1. The first-order valence-corrected chi connectivity index (χ1v) is 6.56. The molecule has 0 saturated heterocycles. The smallest absolute Gasteiger partial charge is 0.309 e. The van der Waals surface area contributed by atoms with Crippen LogP contribution >= 0.6 is 0 Å². The molecule has 0 heterocycles. The normalized spacial score (nSPS) is 15.2. The van der Waals surface area contributed by atoms with Crippen molar-refractivity contribution in [2.24, 2.45) is 5.92 Å². The van der Waals surface area contributed by atoms with E-state index in [1.807, 2.05) is 6.92 Å². The number of carboxylic acid groups (broad SMARTS) is 1. The minimum Gasteiger partial charge on any atom is -0.493 e. The monoisotopic (exact) mass is 282 g/mol. The Morgan fingerprint density at radius 1 is 1.30 bits per heavy atom. The van der Waals surface area contributed by atoms with Crippen molar-refractivity contribution in [2.75, 3.05) is 14.2 Å². The zero-order valence-corrected chi connectivity index (χ0v) is 12.3. The van der Waals surface area contributed by atoms with Gasteiger partial charge in [-0.05, 0) is 31.0 Å². The Bertz CT molecular complexity index is 467. The highest BCUT2D eigenvalue weighted by Crippen LogP contribution is 2.37. The fourth-order valence-corrected chi connectivity index (χ4v) is 2.29. The van der Waals surface area contributed by atoms with Crippen LogP contribution in [0, 0.1) is 5.92 Å². The minimum absolute atomic E-state index is 0.399. The number of carboxylic acids is 1. The lowest BCUT2D eigenvalue weighted by Crippen LogP contribution is -2.37. The van der Waals surface area contributed by atoms with Gasteiger partial charge >= 0.3 is 5.97 Å². The number of aliphatic carboxylic acids is 1. The van der Waals surface area contributed by atoms with E-state index in [1.165, 1.54) is 21.1 Å². The maximum atomic E-state index is 11.4. The number of aliphatic hydroxyl groups is 1. The molecule has 0 fully saturated rings. The third-order valence-electron chi connectivity index (χ3n) is 3.52. The van der Waals surface area contributed by atoms with Crippen molar-refractivity contribution in [3.05, 3.63) is 23.8 Å².